The lowest BCUT2D eigenvalue weighted by atomic mass is 10.0. The molecule has 0 aliphatic carbocycles. The van der Waals surface area contributed by atoms with Gasteiger partial charge in [0.15, 0.2) is 0 Å². The Balaban J connectivity index is 1.85. The summed E-state index contributed by atoms with van der Waals surface area (Å²) in [5, 5.41) is 4.62. The number of carbonyl (C=O) groups excluding carboxylic acids is 1. The van der Waals surface area contributed by atoms with E-state index < -0.39 is 0 Å². The highest BCUT2D eigenvalue weighted by Gasteiger charge is 2.16. The quantitative estimate of drug-likeness (QED) is 0.391. The molecule has 4 heteroatoms. The van der Waals surface area contributed by atoms with Gasteiger partial charge < -0.3 is 5.32 Å². The zero-order chi connectivity index (χ0) is 21.3. The van der Waals surface area contributed by atoms with Crippen molar-refractivity contribution in [3.8, 4) is 11.3 Å². The van der Waals surface area contributed by atoms with Crippen LogP contribution in [0, 0.1) is 13.8 Å². The number of pyridine rings is 1. The largest absolute Gasteiger partial charge is 0.322 e. The number of rotatable bonds is 4. The van der Waals surface area contributed by atoms with Crippen molar-refractivity contribution in [2.24, 2.45) is 0 Å². The van der Waals surface area contributed by atoms with Crippen molar-refractivity contribution < 1.29 is 4.79 Å². The topological polar surface area (TPSA) is 42.0 Å². The molecule has 30 heavy (non-hydrogen) atoms. The predicted octanol–water partition coefficient (Wildman–Crippen LogP) is 6.99. The molecule has 0 unspecified atom stereocenters. The average Bonchev–Trinajstić information content (AvgIpc) is 2.76. The molecule has 0 saturated heterocycles. The molecule has 1 amide bonds. The number of aromatic nitrogens is 1. The van der Waals surface area contributed by atoms with Crippen molar-refractivity contribution in [2.45, 2.75) is 27.2 Å². The Morgan fingerprint density at radius 1 is 1.00 bits per heavy atom. The molecule has 4 aromatic rings. The molecule has 0 fully saturated rings. The number of fused-ring (bicyclic) bond motifs is 1. The Labute approximate surface area is 181 Å². The van der Waals surface area contributed by atoms with Crippen LogP contribution in [0.25, 0.3) is 22.2 Å². The van der Waals surface area contributed by atoms with Crippen LogP contribution in [0.15, 0.2) is 66.7 Å². The minimum atomic E-state index is -0.139. The molecule has 3 nitrogen and oxygen atoms in total. The predicted molar refractivity (Wildman–Crippen MR) is 125 cm³/mol. The van der Waals surface area contributed by atoms with Gasteiger partial charge >= 0.3 is 0 Å². The van der Waals surface area contributed by atoms with E-state index in [0.717, 1.165) is 45.4 Å². The molecule has 0 aliphatic rings. The van der Waals surface area contributed by atoms with Gasteiger partial charge in [0.1, 0.15) is 0 Å². The fraction of sp³-hybridized carbons (Fsp3) is 0.154. The smallest absolute Gasteiger partial charge is 0.256 e. The number of nitrogens with one attached hydrogen (secondary N) is 1. The van der Waals surface area contributed by atoms with E-state index in [0.29, 0.717) is 10.6 Å². The number of nitrogens with zero attached hydrogens (tertiary/aromatic N) is 1. The van der Waals surface area contributed by atoms with Crippen LogP contribution < -0.4 is 5.32 Å². The van der Waals surface area contributed by atoms with Crippen LogP contribution in [0.5, 0.6) is 0 Å². The second kappa shape index (κ2) is 8.29. The molecule has 3 aromatic carbocycles. The van der Waals surface area contributed by atoms with E-state index in [-0.39, 0.29) is 5.91 Å². The number of benzene rings is 3. The van der Waals surface area contributed by atoms with Crippen LogP contribution in [-0.4, -0.2) is 10.9 Å². The van der Waals surface area contributed by atoms with E-state index in [9.17, 15) is 4.79 Å². The van der Waals surface area contributed by atoms with Crippen LogP contribution in [0.2, 0.25) is 5.02 Å². The molecule has 0 spiro atoms. The lowest BCUT2D eigenvalue weighted by Crippen LogP contribution is -2.14. The first kappa shape index (κ1) is 20.1. The molecule has 0 saturated carbocycles. The maximum Gasteiger partial charge on any atom is 0.256 e. The van der Waals surface area contributed by atoms with E-state index in [1.807, 2.05) is 68.4 Å². The molecule has 4 rings (SSSR count). The summed E-state index contributed by atoms with van der Waals surface area (Å²) in [5.74, 6) is -0.139. The number of aryl methyl sites for hydroxylation is 2. The van der Waals surface area contributed by atoms with Crippen molar-refractivity contribution >= 4 is 34.1 Å². The molecule has 1 aromatic heterocycles. The molecule has 0 radical (unpaired) electrons. The Bertz CT molecular complexity index is 1250. The Morgan fingerprint density at radius 3 is 2.50 bits per heavy atom. The minimum Gasteiger partial charge on any atom is -0.322 e. The first-order chi connectivity index (χ1) is 14.5. The summed E-state index contributed by atoms with van der Waals surface area (Å²) in [5.41, 5.74) is 7.27. The lowest BCUT2D eigenvalue weighted by Gasteiger charge is -2.14. The van der Waals surface area contributed by atoms with Gasteiger partial charge in [-0.2, -0.15) is 0 Å². The normalized spacial score (nSPS) is 10.9. The van der Waals surface area contributed by atoms with Gasteiger partial charge in [0.05, 0.1) is 16.8 Å². The molecule has 1 N–H and O–H groups in total. The number of hydrogen-bond acceptors (Lipinski definition) is 2. The first-order valence-corrected chi connectivity index (χ1v) is 10.4. The van der Waals surface area contributed by atoms with E-state index in [1.54, 1.807) is 0 Å². The number of hydrogen-bond donors (Lipinski definition) is 1. The van der Waals surface area contributed by atoms with Gasteiger partial charge in [0.25, 0.3) is 5.91 Å². The summed E-state index contributed by atoms with van der Waals surface area (Å²) in [4.78, 5) is 18.2. The van der Waals surface area contributed by atoms with E-state index in [1.165, 1.54) is 5.56 Å². The molecule has 0 aliphatic heterocycles. The molecule has 0 atom stereocenters. The average molecular weight is 415 g/mol. The van der Waals surface area contributed by atoms with Gasteiger partial charge in [0.2, 0.25) is 0 Å². The van der Waals surface area contributed by atoms with Crippen LogP contribution >= 0.6 is 11.6 Å². The first-order valence-electron chi connectivity index (χ1n) is 10.0. The number of carbonyl (C=O) groups is 1. The maximum absolute atomic E-state index is 13.4. The molecular formula is C26H23ClN2O. The van der Waals surface area contributed by atoms with Crippen LogP contribution in [0.3, 0.4) is 0 Å². The zero-order valence-corrected chi connectivity index (χ0v) is 18.0. The highest BCUT2D eigenvalue weighted by Crippen LogP contribution is 2.28. The van der Waals surface area contributed by atoms with E-state index in [2.05, 4.69) is 24.4 Å². The summed E-state index contributed by atoms with van der Waals surface area (Å²) in [6, 6.07) is 21.4. The Hall–Kier alpha value is -3.17. The monoisotopic (exact) mass is 414 g/mol. The van der Waals surface area contributed by atoms with Crippen molar-refractivity contribution in [1.82, 2.24) is 4.98 Å². The van der Waals surface area contributed by atoms with E-state index in [4.69, 9.17) is 16.6 Å². The standard InChI is InChI=1S/C26H23ClN2O/c1-4-18-8-13-24-21(14-18)22(15-25(28-24)19-9-11-20(27)12-10-19)26(30)29-23-7-5-6-16(2)17(23)3/h5-15H,4H2,1-3H3,(H,29,30). The summed E-state index contributed by atoms with van der Waals surface area (Å²) in [6.45, 7) is 6.16. The third-order valence-corrected chi connectivity index (χ3v) is 5.77. The molecule has 1 heterocycles. The van der Waals surface area contributed by atoms with Crippen LogP contribution in [0.4, 0.5) is 5.69 Å². The van der Waals surface area contributed by atoms with E-state index >= 15 is 0 Å². The van der Waals surface area contributed by atoms with Gasteiger partial charge in [-0.1, -0.05) is 48.9 Å². The number of anilines is 1. The molecule has 150 valence electrons. The summed E-state index contributed by atoms with van der Waals surface area (Å²) < 4.78 is 0. The second-order valence-corrected chi connectivity index (χ2v) is 7.91. The van der Waals surface area contributed by atoms with Crippen LogP contribution in [-0.2, 0) is 6.42 Å². The van der Waals surface area contributed by atoms with Gasteiger partial charge in [-0.25, -0.2) is 4.98 Å². The lowest BCUT2D eigenvalue weighted by molar-refractivity contribution is 0.102. The highest BCUT2D eigenvalue weighted by atomic mass is 35.5. The second-order valence-electron chi connectivity index (χ2n) is 7.47. The summed E-state index contributed by atoms with van der Waals surface area (Å²) >= 11 is 6.04. The Morgan fingerprint density at radius 2 is 1.77 bits per heavy atom. The fourth-order valence-electron chi connectivity index (χ4n) is 3.53. The van der Waals surface area contributed by atoms with Crippen molar-refractivity contribution in [2.75, 3.05) is 5.32 Å². The highest BCUT2D eigenvalue weighted by molar-refractivity contribution is 6.30. The van der Waals surface area contributed by atoms with Crippen molar-refractivity contribution in [3.63, 3.8) is 0 Å². The maximum atomic E-state index is 13.4. The summed E-state index contributed by atoms with van der Waals surface area (Å²) in [7, 11) is 0. The fourth-order valence-corrected chi connectivity index (χ4v) is 3.65. The van der Waals surface area contributed by atoms with Crippen molar-refractivity contribution in [3.05, 3.63) is 94.0 Å². The van der Waals surface area contributed by atoms with Gasteiger partial charge in [-0.05, 0) is 73.4 Å². The SMILES string of the molecule is CCc1ccc2nc(-c3ccc(Cl)cc3)cc(C(=O)Nc3cccc(C)c3C)c2c1. The van der Waals surface area contributed by atoms with Gasteiger partial charge in [0, 0.05) is 21.7 Å². The zero-order valence-electron chi connectivity index (χ0n) is 17.3. The number of halogens is 1. The number of amides is 1. The van der Waals surface area contributed by atoms with Crippen LogP contribution in [0.1, 0.15) is 34.0 Å². The van der Waals surface area contributed by atoms with Gasteiger partial charge in [-0.15, -0.1) is 0 Å². The third-order valence-electron chi connectivity index (χ3n) is 5.52. The third kappa shape index (κ3) is 3.94. The minimum absolute atomic E-state index is 0.139. The van der Waals surface area contributed by atoms with Gasteiger partial charge in [-0.3, -0.25) is 4.79 Å². The van der Waals surface area contributed by atoms with Crippen molar-refractivity contribution in [1.29, 1.82) is 0 Å². The summed E-state index contributed by atoms with van der Waals surface area (Å²) in [6.07, 6.45) is 0.896. The molecular weight excluding hydrogens is 392 g/mol. The Kier molecular flexibility index (Phi) is 5.56. The molecule has 0 bridgehead atoms.